The minimum absolute atomic E-state index is 1.11. The molecule has 1 N–H and O–H groups in total. The number of hydrogen-bond acceptors (Lipinski definition) is 1. The molecular formula is C13H18N. The summed E-state index contributed by atoms with van der Waals surface area (Å²) < 4.78 is 0. The van der Waals surface area contributed by atoms with Crippen molar-refractivity contribution in [1.82, 2.24) is 0 Å². The Kier molecular flexibility index (Phi) is 2.76. The summed E-state index contributed by atoms with van der Waals surface area (Å²) in [6.07, 6.45) is 3.61. The summed E-state index contributed by atoms with van der Waals surface area (Å²) >= 11 is 0. The first-order valence-electron chi connectivity index (χ1n) is 5.41. The van der Waals surface area contributed by atoms with E-state index in [2.05, 4.69) is 37.4 Å². The normalized spacial score (nSPS) is 15.1. The Morgan fingerprint density at radius 2 is 2.21 bits per heavy atom. The van der Waals surface area contributed by atoms with Crippen molar-refractivity contribution in [3.63, 3.8) is 0 Å². The summed E-state index contributed by atoms with van der Waals surface area (Å²) in [7, 11) is 0. The molecular weight excluding hydrogens is 170 g/mol. The zero-order valence-corrected chi connectivity index (χ0v) is 9.06. The molecule has 0 saturated heterocycles. The van der Waals surface area contributed by atoms with E-state index in [1.54, 1.807) is 0 Å². The molecule has 1 nitrogen and oxygen atoms in total. The minimum atomic E-state index is 1.11. The largest absolute Gasteiger partial charge is 0.385 e. The van der Waals surface area contributed by atoms with Gasteiger partial charge in [-0.2, -0.15) is 0 Å². The van der Waals surface area contributed by atoms with Crippen molar-refractivity contribution < 1.29 is 0 Å². The second kappa shape index (κ2) is 4.04. The van der Waals surface area contributed by atoms with Gasteiger partial charge in [0.25, 0.3) is 0 Å². The van der Waals surface area contributed by atoms with Crippen LogP contribution >= 0.6 is 0 Å². The highest BCUT2D eigenvalue weighted by molar-refractivity contribution is 5.59. The van der Waals surface area contributed by atoms with E-state index in [4.69, 9.17) is 0 Å². The maximum atomic E-state index is 3.52. The van der Waals surface area contributed by atoms with Crippen molar-refractivity contribution in [2.75, 3.05) is 11.9 Å². The second-order valence-corrected chi connectivity index (χ2v) is 4.37. The van der Waals surface area contributed by atoms with E-state index in [0.717, 1.165) is 13.0 Å². The highest BCUT2D eigenvalue weighted by Crippen LogP contribution is 2.27. The van der Waals surface area contributed by atoms with Crippen LogP contribution in [-0.4, -0.2) is 6.54 Å². The number of fused-ring (bicyclic) bond motifs is 1. The van der Waals surface area contributed by atoms with Crippen LogP contribution in [0.1, 0.15) is 31.4 Å². The third-order valence-electron chi connectivity index (χ3n) is 2.71. The first-order valence-corrected chi connectivity index (χ1v) is 5.41. The number of anilines is 1. The quantitative estimate of drug-likeness (QED) is 0.751. The van der Waals surface area contributed by atoms with Crippen molar-refractivity contribution in [2.24, 2.45) is 0 Å². The Bertz CT molecular complexity index is 315. The Morgan fingerprint density at radius 1 is 1.36 bits per heavy atom. The molecule has 2 rings (SSSR count). The van der Waals surface area contributed by atoms with Crippen molar-refractivity contribution in [3.8, 4) is 0 Å². The number of aryl methyl sites for hydroxylation is 1. The van der Waals surface area contributed by atoms with E-state index in [1.165, 1.54) is 35.6 Å². The van der Waals surface area contributed by atoms with Gasteiger partial charge in [0.1, 0.15) is 0 Å². The van der Waals surface area contributed by atoms with Gasteiger partial charge in [-0.3, -0.25) is 0 Å². The highest BCUT2D eigenvalue weighted by atomic mass is 14.9. The second-order valence-electron chi connectivity index (χ2n) is 4.37. The Morgan fingerprint density at radius 3 is 3.00 bits per heavy atom. The molecule has 1 aliphatic heterocycles. The summed E-state index contributed by atoms with van der Waals surface area (Å²) in [5, 5.41) is 3.52. The molecule has 1 radical (unpaired) electrons. The van der Waals surface area contributed by atoms with Crippen LogP contribution in [0.25, 0.3) is 0 Å². The van der Waals surface area contributed by atoms with Crippen LogP contribution in [0.5, 0.6) is 0 Å². The lowest BCUT2D eigenvalue weighted by Gasteiger charge is -2.21. The lowest BCUT2D eigenvalue weighted by Crippen LogP contribution is -2.14. The van der Waals surface area contributed by atoms with Crippen LogP contribution in [0.4, 0.5) is 5.69 Å². The molecule has 0 spiro atoms. The van der Waals surface area contributed by atoms with Gasteiger partial charge in [-0.25, -0.2) is 0 Å². The molecule has 0 bridgehead atoms. The minimum Gasteiger partial charge on any atom is -0.385 e. The SMILES string of the molecule is C[C](C)Cc1cccc2c1NCCC2. The molecule has 0 unspecified atom stereocenters. The molecule has 0 amide bonds. The lowest BCUT2D eigenvalue weighted by molar-refractivity contribution is 0.821. The molecule has 0 atom stereocenters. The van der Waals surface area contributed by atoms with Crippen LogP contribution in [0.15, 0.2) is 18.2 Å². The van der Waals surface area contributed by atoms with Crippen LogP contribution in [0, 0.1) is 5.92 Å². The number of benzene rings is 1. The first-order chi connectivity index (χ1) is 6.77. The molecule has 1 heterocycles. The summed E-state index contributed by atoms with van der Waals surface area (Å²) in [6.45, 7) is 5.53. The van der Waals surface area contributed by atoms with E-state index >= 15 is 0 Å². The Balaban J connectivity index is 2.30. The van der Waals surface area contributed by atoms with Crippen LogP contribution < -0.4 is 5.32 Å². The maximum absolute atomic E-state index is 3.52. The summed E-state index contributed by atoms with van der Waals surface area (Å²) in [6, 6.07) is 6.67. The molecule has 0 saturated carbocycles. The van der Waals surface area contributed by atoms with Gasteiger partial charge in [-0.05, 0) is 36.3 Å². The highest BCUT2D eigenvalue weighted by Gasteiger charge is 2.12. The number of para-hydroxylation sites is 1. The van der Waals surface area contributed by atoms with Crippen LogP contribution in [-0.2, 0) is 12.8 Å². The van der Waals surface area contributed by atoms with Gasteiger partial charge >= 0.3 is 0 Å². The van der Waals surface area contributed by atoms with Gasteiger partial charge in [0.15, 0.2) is 0 Å². The average molecular weight is 188 g/mol. The third kappa shape index (κ3) is 1.92. The van der Waals surface area contributed by atoms with Crippen molar-refractivity contribution in [1.29, 1.82) is 0 Å². The third-order valence-corrected chi connectivity index (χ3v) is 2.71. The molecule has 1 aromatic rings. The molecule has 0 aliphatic carbocycles. The molecule has 1 heteroatoms. The zero-order chi connectivity index (χ0) is 9.97. The number of hydrogen-bond donors (Lipinski definition) is 1. The van der Waals surface area contributed by atoms with Gasteiger partial charge in [-0.1, -0.05) is 32.0 Å². The average Bonchev–Trinajstić information content (AvgIpc) is 2.18. The van der Waals surface area contributed by atoms with E-state index in [9.17, 15) is 0 Å². The summed E-state index contributed by atoms with van der Waals surface area (Å²) in [4.78, 5) is 0. The molecule has 1 aromatic carbocycles. The number of rotatable bonds is 2. The maximum Gasteiger partial charge on any atom is 0.0405 e. The first kappa shape index (κ1) is 9.57. The van der Waals surface area contributed by atoms with Crippen molar-refractivity contribution >= 4 is 5.69 Å². The molecule has 0 fully saturated rings. The fourth-order valence-corrected chi connectivity index (χ4v) is 2.11. The van der Waals surface area contributed by atoms with Gasteiger partial charge in [0.05, 0.1) is 0 Å². The standard InChI is InChI=1S/C13H18N/c1-10(2)9-12-6-3-5-11-7-4-8-14-13(11)12/h3,5-6,14H,4,7-9H2,1-2H3. The lowest BCUT2D eigenvalue weighted by atomic mass is 9.94. The van der Waals surface area contributed by atoms with E-state index < -0.39 is 0 Å². The molecule has 0 aromatic heterocycles. The van der Waals surface area contributed by atoms with Gasteiger partial charge in [0, 0.05) is 12.2 Å². The zero-order valence-electron chi connectivity index (χ0n) is 9.06. The van der Waals surface area contributed by atoms with E-state index in [0.29, 0.717) is 0 Å². The Hall–Kier alpha value is -0.980. The van der Waals surface area contributed by atoms with Gasteiger partial charge in [-0.15, -0.1) is 0 Å². The molecule has 14 heavy (non-hydrogen) atoms. The predicted octanol–water partition coefficient (Wildman–Crippen LogP) is 3.20. The topological polar surface area (TPSA) is 12.0 Å². The monoisotopic (exact) mass is 188 g/mol. The fraction of sp³-hybridized carbons (Fsp3) is 0.462. The molecule has 75 valence electrons. The van der Waals surface area contributed by atoms with E-state index in [-0.39, 0.29) is 0 Å². The van der Waals surface area contributed by atoms with E-state index in [1.807, 2.05) is 0 Å². The van der Waals surface area contributed by atoms with Crippen LogP contribution in [0.2, 0.25) is 0 Å². The van der Waals surface area contributed by atoms with Crippen molar-refractivity contribution in [2.45, 2.75) is 33.1 Å². The van der Waals surface area contributed by atoms with Crippen LogP contribution in [0.3, 0.4) is 0 Å². The fourth-order valence-electron chi connectivity index (χ4n) is 2.11. The van der Waals surface area contributed by atoms with Gasteiger partial charge in [0.2, 0.25) is 0 Å². The predicted molar refractivity (Wildman–Crippen MR) is 61.5 cm³/mol. The van der Waals surface area contributed by atoms with Crippen molar-refractivity contribution in [3.05, 3.63) is 35.2 Å². The summed E-state index contributed by atoms with van der Waals surface area (Å²) in [5.74, 6) is 1.48. The Labute approximate surface area is 86.5 Å². The summed E-state index contributed by atoms with van der Waals surface area (Å²) in [5.41, 5.74) is 4.36. The van der Waals surface area contributed by atoms with Gasteiger partial charge < -0.3 is 5.32 Å². The molecule has 1 aliphatic rings. The number of nitrogens with one attached hydrogen (secondary N) is 1. The smallest absolute Gasteiger partial charge is 0.0405 e.